The van der Waals surface area contributed by atoms with Gasteiger partial charge in [0.25, 0.3) is 0 Å². The number of rotatable bonds is 0. The summed E-state index contributed by atoms with van der Waals surface area (Å²) < 4.78 is 0. The molecule has 0 saturated carbocycles. The fraction of sp³-hybridized carbons (Fsp3) is 0.111. The summed E-state index contributed by atoms with van der Waals surface area (Å²) in [4.78, 5) is 1.22. The molecule has 1 heterocycles. The minimum absolute atomic E-state index is 1.11. The Kier molecular flexibility index (Phi) is 1.31. The van der Waals surface area contributed by atoms with E-state index in [1.807, 2.05) is 11.8 Å². The summed E-state index contributed by atoms with van der Waals surface area (Å²) in [6.45, 7) is 3.96. The number of thioether (sulfide) groups is 1. The van der Waals surface area contributed by atoms with Crippen molar-refractivity contribution in [3.8, 4) is 0 Å². The van der Waals surface area contributed by atoms with Crippen molar-refractivity contribution in [2.24, 2.45) is 0 Å². The summed E-state index contributed by atoms with van der Waals surface area (Å²) in [5, 5.41) is 0. The molecule has 0 unspecified atom stereocenters. The second-order valence-electron chi connectivity index (χ2n) is 2.37. The van der Waals surface area contributed by atoms with Crippen molar-refractivity contribution in [2.75, 3.05) is 0 Å². The van der Waals surface area contributed by atoms with E-state index < -0.39 is 0 Å². The molecule has 0 atom stereocenters. The molecule has 0 aliphatic carbocycles. The van der Waals surface area contributed by atoms with Gasteiger partial charge in [0, 0.05) is 10.7 Å². The summed E-state index contributed by atoms with van der Waals surface area (Å²) in [6.07, 6.45) is 0. The summed E-state index contributed by atoms with van der Waals surface area (Å²) in [5.74, 6) is 1.11. The monoisotopic (exact) mass is 148 g/mol. The smallest absolute Gasteiger partial charge is 0.0238 e. The maximum atomic E-state index is 3.96. The van der Waals surface area contributed by atoms with Gasteiger partial charge in [-0.2, -0.15) is 0 Å². The highest BCUT2D eigenvalue weighted by molar-refractivity contribution is 8.08. The first-order chi connectivity index (χ1) is 4.88. The zero-order chi connectivity index (χ0) is 6.97. The van der Waals surface area contributed by atoms with Crippen LogP contribution >= 0.6 is 11.8 Å². The van der Waals surface area contributed by atoms with Crippen LogP contribution in [0.3, 0.4) is 0 Å². The number of hydrogen-bond donors (Lipinski definition) is 0. The van der Waals surface area contributed by atoms with E-state index in [9.17, 15) is 0 Å². The van der Waals surface area contributed by atoms with Gasteiger partial charge in [0.15, 0.2) is 0 Å². The molecule has 50 valence electrons. The molecule has 0 spiro atoms. The van der Waals surface area contributed by atoms with Gasteiger partial charge in [0.05, 0.1) is 0 Å². The highest BCUT2D eigenvalue weighted by atomic mass is 32.2. The van der Waals surface area contributed by atoms with Gasteiger partial charge in [-0.3, -0.25) is 0 Å². The van der Waals surface area contributed by atoms with Gasteiger partial charge >= 0.3 is 0 Å². The zero-order valence-electron chi connectivity index (χ0n) is 5.63. The lowest BCUT2D eigenvalue weighted by atomic mass is 10.1. The van der Waals surface area contributed by atoms with Gasteiger partial charge in [0.2, 0.25) is 0 Å². The molecule has 0 saturated heterocycles. The third-order valence-electron chi connectivity index (χ3n) is 1.72. The number of benzene rings is 1. The molecule has 0 nitrogen and oxygen atoms in total. The average Bonchev–Trinajstić information content (AvgIpc) is 2.34. The third kappa shape index (κ3) is 0.781. The van der Waals surface area contributed by atoms with E-state index in [1.54, 1.807) is 0 Å². The lowest BCUT2D eigenvalue weighted by Gasteiger charge is -1.94. The van der Waals surface area contributed by atoms with E-state index >= 15 is 0 Å². The van der Waals surface area contributed by atoms with E-state index in [0.717, 1.165) is 5.75 Å². The Morgan fingerprint density at radius 2 is 2.10 bits per heavy atom. The molecule has 1 aromatic carbocycles. The average molecular weight is 148 g/mol. The van der Waals surface area contributed by atoms with Crippen molar-refractivity contribution in [1.82, 2.24) is 0 Å². The molecule has 2 rings (SSSR count). The maximum absolute atomic E-state index is 3.96. The summed E-state index contributed by atoms with van der Waals surface area (Å²) in [6, 6.07) is 8.45. The van der Waals surface area contributed by atoms with Gasteiger partial charge in [-0.1, -0.05) is 30.8 Å². The second kappa shape index (κ2) is 2.17. The van der Waals surface area contributed by atoms with Crippen LogP contribution in [0, 0.1) is 0 Å². The molecule has 0 radical (unpaired) electrons. The van der Waals surface area contributed by atoms with Crippen molar-refractivity contribution in [2.45, 2.75) is 5.75 Å². The largest absolute Gasteiger partial charge is 0.121 e. The van der Waals surface area contributed by atoms with E-state index in [2.05, 4.69) is 30.8 Å². The van der Waals surface area contributed by atoms with E-state index in [4.69, 9.17) is 0 Å². The van der Waals surface area contributed by atoms with Gasteiger partial charge in [0.1, 0.15) is 0 Å². The molecule has 1 heteroatoms. The van der Waals surface area contributed by atoms with Crippen LogP contribution in [-0.4, -0.2) is 0 Å². The second-order valence-corrected chi connectivity index (χ2v) is 3.44. The van der Waals surface area contributed by atoms with Gasteiger partial charge in [-0.25, -0.2) is 0 Å². The summed E-state index contributed by atoms with van der Waals surface area (Å²) in [7, 11) is 0. The fourth-order valence-corrected chi connectivity index (χ4v) is 2.10. The Balaban J connectivity index is 2.61. The van der Waals surface area contributed by atoms with Crippen molar-refractivity contribution in [3.05, 3.63) is 42.0 Å². The molecule has 0 bridgehead atoms. The number of fused-ring (bicyclic) bond motifs is 1. The van der Waals surface area contributed by atoms with Crippen molar-refractivity contribution >= 4 is 16.7 Å². The quantitative estimate of drug-likeness (QED) is 0.545. The Morgan fingerprint density at radius 1 is 1.30 bits per heavy atom. The Morgan fingerprint density at radius 3 is 2.90 bits per heavy atom. The molecule has 0 fully saturated rings. The van der Waals surface area contributed by atoms with Crippen molar-refractivity contribution in [1.29, 1.82) is 0 Å². The lowest BCUT2D eigenvalue weighted by Crippen LogP contribution is -1.76. The van der Waals surface area contributed by atoms with Crippen LogP contribution in [0.25, 0.3) is 4.91 Å². The zero-order valence-corrected chi connectivity index (χ0v) is 6.45. The van der Waals surface area contributed by atoms with Gasteiger partial charge in [-0.15, -0.1) is 11.8 Å². The molecular formula is C9H8S. The van der Waals surface area contributed by atoms with Crippen LogP contribution in [0.15, 0.2) is 30.8 Å². The molecule has 10 heavy (non-hydrogen) atoms. The lowest BCUT2D eigenvalue weighted by molar-refractivity contribution is 1.42. The standard InChI is InChI=1S/C9H8S/c1-7-9-5-3-2-4-8(9)6-10-7/h2-5H,1,6H2. The molecule has 0 amide bonds. The third-order valence-corrected chi connectivity index (χ3v) is 2.74. The first-order valence-electron chi connectivity index (χ1n) is 3.28. The van der Waals surface area contributed by atoms with Crippen LogP contribution in [0.1, 0.15) is 11.1 Å². The molecular weight excluding hydrogens is 140 g/mol. The predicted octanol–water partition coefficient (Wildman–Crippen LogP) is 2.90. The highest BCUT2D eigenvalue weighted by Gasteiger charge is 2.12. The topological polar surface area (TPSA) is 0 Å². The molecule has 0 N–H and O–H groups in total. The Bertz CT molecular complexity index is 276. The number of hydrogen-bond acceptors (Lipinski definition) is 1. The first kappa shape index (κ1) is 6.05. The van der Waals surface area contributed by atoms with Crippen LogP contribution in [0.4, 0.5) is 0 Å². The maximum Gasteiger partial charge on any atom is 0.0238 e. The Hall–Kier alpha value is -0.690. The van der Waals surface area contributed by atoms with E-state index in [1.165, 1.54) is 16.0 Å². The Labute approximate surface area is 65.0 Å². The van der Waals surface area contributed by atoms with Crippen LogP contribution in [-0.2, 0) is 5.75 Å². The minimum Gasteiger partial charge on any atom is -0.121 e. The first-order valence-corrected chi connectivity index (χ1v) is 4.26. The fourth-order valence-electron chi connectivity index (χ4n) is 1.16. The SMILES string of the molecule is C=C1SCc2ccccc21. The molecule has 1 aliphatic rings. The summed E-state index contributed by atoms with van der Waals surface area (Å²) >= 11 is 1.83. The summed E-state index contributed by atoms with van der Waals surface area (Å²) in [5.41, 5.74) is 2.77. The van der Waals surface area contributed by atoms with Gasteiger partial charge in [-0.05, 0) is 11.1 Å². The minimum atomic E-state index is 1.11. The highest BCUT2D eigenvalue weighted by Crippen LogP contribution is 2.38. The molecule has 0 aromatic heterocycles. The predicted molar refractivity (Wildman–Crippen MR) is 46.8 cm³/mol. The molecule has 1 aliphatic heterocycles. The van der Waals surface area contributed by atoms with Crippen molar-refractivity contribution in [3.63, 3.8) is 0 Å². The van der Waals surface area contributed by atoms with Crippen LogP contribution in [0.5, 0.6) is 0 Å². The van der Waals surface area contributed by atoms with E-state index in [0.29, 0.717) is 0 Å². The normalized spacial score (nSPS) is 15.4. The van der Waals surface area contributed by atoms with Crippen LogP contribution in [0.2, 0.25) is 0 Å². The van der Waals surface area contributed by atoms with E-state index in [-0.39, 0.29) is 0 Å². The van der Waals surface area contributed by atoms with Crippen LogP contribution < -0.4 is 0 Å². The molecule has 1 aromatic rings. The van der Waals surface area contributed by atoms with Gasteiger partial charge < -0.3 is 0 Å². The van der Waals surface area contributed by atoms with Crippen molar-refractivity contribution < 1.29 is 0 Å².